The number of hydrogen-bond donors (Lipinski definition) is 1. The standard InChI is InChI=1S/C14H15FN2O3/c1-9-7-10(15)4-5-11(9)14(20)17(8-18)12-3-2-6-16-13(12)19/h4-5,7-8,12H,2-3,6H2,1H3,(H,16,19). The van der Waals surface area contributed by atoms with Crippen LogP contribution in [0.1, 0.15) is 28.8 Å². The Morgan fingerprint density at radius 2 is 2.25 bits per heavy atom. The highest BCUT2D eigenvalue weighted by Crippen LogP contribution is 2.17. The highest BCUT2D eigenvalue weighted by Gasteiger charge is 2.32. The molecule has 0 radical (unpaired) electrons. The molecule has 1 unspecified atom stereocenters. The van der Waals surface area contributed by atoms with Gasteiger partial charge in [-0.05, 0) is 43.5 Å². The average molecular weight is 278 g/mol. The lowest BCUT2D eigenvalue weighted by atomic mass is 10.0. The highest BCUT2D eigenvalue weighted by atomic mass is 19.1. The predicted molar refractivity (Wildman–Crippen MR) is 69.4 cm³/mol. The number of halogens is 1. The van der Waals surface area contributed by atoms with Gasteiger partial charge in [-0.3, -0.25) is 19.3 Å². The lowest BCUT2D eigenvalue weighted by molar-refractivity contribution is -0.132. The topological polar surface area (TPSA) is 66.5 Å². The molecule has 5 nitrogen and oxygen atoms in total. The van der Waals surface area contributed by atoms with Crippen LogP contribution in [0.2, 0.25) is 0 Å². The maximum atomic E-state index is 13.1. The molecule has 0 aliphatic carbocycles. The van der Waals surface area contributed by atoms with Crippen molar-refractivity contribution in [3.63, 3.8) is 0 Å². The number of carbonyl (C=O) groups is 3. The van der Waals surface area contributed by atoms with Crippen LogP contribution in [0.25, 0.3) is 0 Å². The van der Waals surface area contributed by atoms with Crippen molar-refractivity contribution >= 4 is 18.2 Å². The van der Waals surface area contributed by atoms with Gasteiger partial charge in [0.2, 0.25) is 12.3 Å². The van der Waals surface area contributed by atoms with Gasteiger partial charge in [-0.1, -0.05) is 0 Å². The van der Waals surface area contributed by atoms with Crippen LogP contribution in [0.4, 0.5) is 4.39 Å². The Morgan fingerprint density at radius 1 is 1.50 bits per heavy atom. The van der Waals surface area contributed by atoms with Crippen LogP contribution in [0.3, 0.4) is 0 Å². The number of carbonyl (C=O) groups excluding carboxylic acids is 3. The van der Waals surface area contributed by atoms with Gasteiger partial charge in [0.25, 0.3) is 5.91 Å². The van der Waals surface area contributed by atoms with Crippen molar-refractivity contribution < 1.29 is 18.8 Å². The molecule has 1 atom stereocenters. The summed E-state index contributed by atoms with van der Waals surface area (Å²) in [6.07, 6.45) is 1.51. The maximum absolute atomic E-state index is 13.1. The van der Waals surface area contributed by atoms with Crippen molar-refractivity contribution in [2.75, 3.05) is 6.54 Å². The van der Waals surface area contributed by atoms with Crippen LogP contribution < -0.4 is 5.32 Å². The molecule has 1 N–H and O–H groups in total. The SMILES string of the molecule is Cc1cc(F)ccc1C(=O)N(C=O)C1CCCNC1=O. The van der Waals surface area contributed by atoms with Crippen LogP contribution in [0, 0.1) is 12.7 Å². The summed E-state index contributed by atoms with van der Waals surface area (Å²) in [6.45, 7) is 2.13. The smallest absolute Gasteiger partial charge is 0.261 e. The molecule has 1 aliphatic heterocycles. The maximum Gasteiger partial charge on any atom is 0.261 e. The Kier molecular flexibility index (Phi) is 4.12. The Balaban J connectivity index is 2.28. The third kappa shape index (κ3) is 2.68. The van der Waals surface area contributed by atoms with Gasteiger partial charge >= 0.3 is 0 Å². The third-order valence-electron chi connectivity index (χ3n) is 3.36. The Morgan fingerprint density at radius 3 is 2.85 bits per heavy atom. The Labute approximate surface area is 115 Å². The molecule has 1 heterocycles. The van der Waals surface area contributed by atoms with Crippen molar-refractivity contribution in [3.8, 4) is 0 Å². The first-order valence-electron chi connectivity index (χ1n) is 6.36. The second-order valence-electron chi connectivity index (χ2n) is 4.73. The lowest BCUT2D eigenvalue weighted by Gasteiger charge is -2.29. The number of benzene rings is 1. The third-order valence-corrected chi connectivity index (χ3v) is 3.36. The van der Waals surface area contributed by atoms with Gasteiger partial charge in [-0.15, -0.1) is 0 Å². The van der Waals surface area contributed by atoms with E-state index in [0.717, 1.165) is 11.0 Å². The fraction of sp³-hybridized carbons (Fsp3) is 0.357. The molecular weight excluding hydrogens is 263 g/mol. The minimum Gasteiger partial charge on any atom is -0.354 e. The average Bonchev–Trinajstić information content (AvgIpc) is 2.41. The number of piperidine rings is 1. The second-order valence-corrected chi connectivity index (χ2v) is 4.73. The van der Waals surface area contributed by atoms with E-state index in [4.69, 9.17) is 0 Å². The van der Waals surface area contributed by atoms with Crippen molar-refractivity contribution in [2.45, 2.75) is 25.8 Å². The summed E-state index contributed by atoms with van der Waals surface area (Å²) in [7, 11) is 0. The zero-order chi connectivity index (χ0) is 14.7. The van der Waals surface area contributed by atoms with Crippen molar-refractivity contribution in [1.82, 2.24) is 10.2 Å². The molecule has 0 aromatic heterocycles. The predicted octanol–water partition coefficient (Wildman–Crippen LogP) is 1.01. The number of nitrogens with one attached hydrogen (secondary N) is 1. The van der Waals surface area contributed by atoms with E-state index in [1.807, 2.05) is 0 Å². The van der Waals surface area contributed by atoms with Crippen LogP contribution >= 0.6 is 0 Å². The van der Waals surface area contributed by atoms with E-state index in [0.29, 0.717) is 31.4 Å². The summed E-state index contributed by atoms with van der Waals surface area (Å²) in [4.78, 5) is 36.2. The van der Waals surface area contributed by atoms with Gasteiger partial charge in [0.15, 0.2) is 0 Å². The van der Waals surface area contributed by atoms with Gasteiger partial charge < -0.3 is 5.32 Å². The first-order valence-corrected chi connectivity index (χ1v) is 6.36. The number of nitrogens with zero attached hydrogens (tertiary/aromatic N) is 1. The Bertz CT molecular complexity index is 559. The quantitative estimate of drug-likeness (QED) is 0.839. The fourth-order valence-electron chi connectivity index (χ4n) is 2.29. The molecule has 2 rings (SSSR count). The number of rotatable bonds is 3. The summed E-state index contributed by atoms with van der Waals surface area (Å²) in [6, 6.07) is 2.91. The van der Waals surface area contributed by atoms with E-state index < -0.39 is 17.8 Å². The number of imide groups is 1. The first kappa shape index (κ1) is 14.2. The zero-order valence-electron chi connectivity index (χ0n) is 11.1. The van der Waals surface area contributed by atoms with Crippen LogP contribution in [-0.4, -0.2) is 35.7 Å². The molecule has 0 saturated carbocycles. The molecule has 1 aliphatic rings. The molecule has 20 heavy (non-hydrogen) atoms. The number of aryl methyl sites for hydroxylation is 1. The molecule has 1 aromatic carbocycles. The van der Waals surface area contributed by atoms with Crippen molar-refractivity contribution in [2.24, 2.45) is 0 Å². The summed E-state index contributed by atoms with van der Waals surface area (Å²) in [5.74, 6) is -1.37. The molecule has 0 bridgehead atoms. The fourth-order valence-corrected chi connectivity index (χ4v) is 2.29. The van der Waals surface area contributed by atoms with Gasteiger partial charge in [-0.25, -0.2) is 4.39 Å². The monoisotopic (exact) mass is 278 g/mol. The summed E-state index contributed by atoms with van der Waals surface area (Å²) in [5.41, 5.74) is 0.648. The summed E-state index contributed by atoms with van der Waals surface area (Å²) >= 11 is 0. The molecule has 1 saturated heterocycles. The van der Waals surface area contributed by atoms with Crippen LogP contribution in [-0.2, 0) is 9.59 Å². The zero-order valence-corrected chi connectivity index (χ0v) is 11.1. The van der Waals surface area contributed by atoms with Gasteiger partial charge in [0.1, 0.15) is 11.9 Å². The lowest BCUT2D eigenvalue weighted by Crippen LogP contribution is -2.52. The van der Waals surface area contributed by atoms with Gasteiger partial charge in [0.05, 0.1) is 0 Å². The van der Waals surface area contributed by atoms with Crippen LogP contribution in [0.5, 0.6) is 0 Å². The van der Waals surface area contributed by atoms with Gasteiger partial charge in [-0.2, -0.15) is 0 Å². The second kappa shape index (κ2) is 5.81. The molecule has 106 valence electrons. The number of amides is 3. The highest BCUT2D eigenvalue weighted by molar-refractivity contribution is 6.04. The van der Waals surface area contributed by atoms with Crippen molar-refractivity contribution in [1.29, 1.82) is 0 Å². The molecule has 3 amide bonds. The largest absolute Gasteiger partial charge is 0.354 e. The van der Waals surface area contributed by atoms with E-state index in [-0.39, 0.29) is 11.5 Å². The first-order chi connectivity index (χ1) is 9.54. The normalized spacial score (nSPS) is 18.3. The van der Waals surface area contributed by atoms with E-state index in [2.05, 4.69) is 5.32 Å². The van der Waals surface area contributed by atoms with E-state index >= 15 is 0 Å². The van der Waals surface area contributed by atoms with Crippen LogP contribution in [0.15, 0.2) is 18.2 Å². The molecule has 0 spiro atoms. The molecule has 1 aromatic rings. The van der Waals surface area contributed by atoms with Gasteiger partial charge in [0, 0.05) is 12.1 Å². The van der Waals surface area contributed by atoms with E-state index in [1.54, 1.807) is 6.92 Å². The molecule has 6 heteroatoms. The van der Waals surface area contributed by atoms with Crippen molar-refractivity contribution in [3.05, 3.63) is 35.1 Å². The summed E-state index contributed by atoms with van der Waals surface area (Å²) in [5, 5.41) is 2.63. The molecular formula is C14H15FN2O3. The molecule has 1 fully saturated rings. The van der Waals surface area contributed by atoms with E-state index in [1.165, 1.54) is 12.1 Å². The minimum atomic E-state index is -0.793. The minimum absolute atomic E-state index is 0.219. The number of hydrogen-bond acceptors (Lipinski definition) is 3. The Hall–Kier alpha value is -2.24. The summed E-state index contributed by atoms with van der Waals surface area (Å²) < 4.78 is 13.1. The van der Waals surface area contributed by atoms with E-state index in [9.17, 15) is 18.8 Å².